The van der Waals surface area contributed by atoms with E-state index in [4.69, 9.17) is 9.84 Å². The van der Waals surface area contributed by atoms with Crippen molar-refractivity contribution in [3.05, 3.63) is 49.0 Å². The summed E-state index contributed by atoms with van der Waals surface area (Å²) in [5.41, 5.74) is 2.07. The second-order valence-corrected chi connectivity index (χ2v) is 10.1. The largest absolute Gasteiger partial charge is 0.466 e. The van der Waals surface area contributed by atoms with Gasteiger partial charge in [0, 0.05) is 42.4 Å². The summed E-state index contributed by atoms with van der Waals surface area (Å²) >= 11 is 8.93. The molecular weight excluding hydrogens is 466 g/mol. The second-order valence-electron chi connectivity index (χ2n) is 6.70. The van der Waals surface area contributed by atoms with E-state index >= 15 is 0 Å². The standard InChI is InChI=1S/C18H17Br2N3OS/c19-11-1-2-15-12(9-11)14-10-13(16-3-4-17(20)25-16)22-23(14)18(24-15)5-7-21-8-6-18/h1-4,9,14,21H,5-8,10H2. The van der Waals surface area contributed by atoms with Gasteiger partial charge in [-0.1, -0.05) is 15.9 Å². The van der Waals surface area contributed by atoms with Crippen LogP contribution in [0.2, 0.25) is 0 Å². The molecule has 2 aromatic rings. The van der Waals surface area contributed by atoms with Crippen molar-refractivity contribution in [3.63, 3.8) is 0 Å². The molecule has 4 nitrogen and oxygen atoms in total. The number of halogens is 2. The Kier molecular flexibility index (Phi) is 3.96. The molecular formula is C18H17Br2N3OS. The van der Waals surface area contributed by atoms with Gasteiger partial charge in [0.05, 0.1) is 20.4 Å². The third kappa shape index (κ3) is 2.67. The molecule has 1 spiro atoms. The van der Waals surface area contributed by atoms with Gasteiger partial charge in [-0.2, -0.15) is 5.10 Å². The van der Waals surface area contributed by atoms with E-state index in [0.29, 0.717) is 0 Å². The van der Waals surface area contributed by atoms with E-state index < -0.39 is 0 Å². The van der Waals surface area contributed by atoms with Gasteiger partial charge in [0.15, 0.2) is 0 Å². The van der Waals surface area contributed by atoms with Crippen LogP contribution in [0.25, 0.3) is 0 Å². The molecule has 1 atom stereocenters. The van der Waals surface area contributed by atoms with Gasteiger partial charge in [0.25, 0.3) is 0 Å². The maximum Gasteiger partial charge on any atom is 0.200 e. The van der Waals surface area contributed by atoms with Crippen molar-refractivity contribution in [3.8, 4) is 5.75 Å². The zero-order valence-electron chi connectivity index (χ0n) is 13.5. The van der Waals surface area contributed by atoms with Crippen molar-refractivity contribution in [2.45, 2.75) is 31.0 Å². The number of ether oxygens (including phenoxy) is 1. The van der Waals surface area contributed by atoms with Crippen LogP contribution in [-0.2, 0) is 0 Å². The first-order chi connectivity index (χ1) is 12.1. The number of rotatable bonds is 1. The molecule has 3 aliphatic heterocycles. The summed E-state index contributed by atoms with van der Waals surface area (Å²) in [7, 11) is 0. The summed E-state index contributed by atoms with van der Waals surface area (Å²) in [5, 5.41) is 10.8. The normalized spacial score (nSPS) is 23.8. The lowest BCUT2D eigenvalue weighted by Crippen LogP contribution is -2.58. The fraction of sp³-hybridized carbons (Fsp3) is 0.389. The molecule has 3 aliphatic rings. The van der Waals surface area contributed by atoms with E-state index in [2.05, 4.69) is 72.5 Å². The predicted octanol–water partition coefficient (Wildman–Crippen LogP) is 4.90. The fourth-order valence-corrected chi connectivity index (χ4v) is 5.78. The molecule has 1 fully saturated rings. The maximum atomic E-state index is 6.57. The summed E-state index contributed by atoms with van der Waals surface area (Å²) in [5.74, 6) is 1.01. The van der Waals surface area contributed by atoms with Gasteiger partial charge in [-0.25, -0.2) is 5.01 Å². The third-order valence-electron chi connectivity index (χ3n) is 5.20. The number of piperidine rings is 1. The quantitative estimate of drug-likeness (QED) is 0.628. The molecule has 1 saturated heterocycles. The van der Waals surface area contributed by atoms with Crippen LogP contribution in [0.1, 0.15) is 35.7 Å². The van der Waals surface area contributed by atoms with Crippen molar-refractivity contribution >= 4 is 48.9 Å². The second kappa shape index (κ2) is 6.08. The van der Waals surface area contributed by atoms with Crippen molar-refractivity contribution in [1.82, 2.24) is 10.3 Å². The molecule has 0 bridgehead atoms. The molecule has 1 aromatic heterocycles. The highest BCUT2D eigenvalue weighted by Crippen LogP contribution is 2.50. The van der Waals surface area contributed by atoms with Gasteiger partial charge in [0.1, 0.15) is 5.75 Å². The lowest BCUT2D eigenvalue weighted by molar-refractivity contribution is -0.136. The van der Waals surface area contributed by atoms with Crippen LogP contribution in [-0.4, -0.2) is 29.5 Å². The molecule has 0 radical (unpaired) electrons. The molecule has 4 heterocycles. The molecule has 7 heteroatoms. The van der Waals surface area contributed by atoms with Crippen LogP contribution < -0.4 is 10.1 Å². The summed E-state index contributed by atoms with van der Waals surface area (Å²) in [4.78, 5) is 1.24. The SMILES string of the molecule is Brc1ccc2c(c1)C1CC(c3ccc(Br)s3)=NN1C1(CCNCC1)O2. The van der Waals surface area contributed by atoms with Gasteiger partial charge in [-0.05, 0) is 46.3 Å². The van der Waals surface area contributed by atoms with Crippen LogP contribution in [0.3, 0.4) is 0 Å². The Morgan fingerprint density at radius 3 is 2.80 bits per heavy atom. The number of hydrogen-bond acceptors (Lipinski definition) is 5. The van der Waals surface area contributed by atoms with Crippen LogP contribution in [0.5, 0.6) is 5.75 Å². The van der Waals surface area contributed by atoms with Gasteiger partial charge in [-0.3, -0.25) is 0 Å². The average molecular weight is 483 g/mol. The minimum atomic E-state index is -0.326. The van der Waals surface area contributed by atoms with Crippen molar-refractivity contribution in [1.29, 1.82) is 0 Å². The van der Waals surface area contributed by atoms with Crippen LogP contribution in [0, 0.1) is 0 Å². The Balaban J connectivity index is 1.61. The summed E-state index contributed by atoms with van der Waals surface area (Å²) in [6.07, 6.45) is 2.82. The van der Waals surface area contributed by atoms with E-state index in [0.717, 1.165) is 52.1 Å². The maximum absolute atomic E-state index is 6.57. The Morgan fingerprint density at radius 2 is 2.04 bits per heavy atom. The summed E-state index contributed by atoms with van der Waals surface area (Å²) in [6, 6.07) is 10.8. The van der Waals surface area contributed by atoms with E-state index in [1.807, 2.05) is 0 Å². The van der Waals surface area contributed by atoms with Gasteiger partial charge in [0.2, 0.25) is 5.72 Å². The summed E-state index contributed by atoms with van der Waals surface area (Å²) in [6.45, 7) is 1.93. The van der Waals surface area contributed by atoms with Crippen LogP contribution >= 0.6 is 43.2 Å². The van der Waals surface area contributed by atoms with E-state index in [1.165, 1.54) is 10.4 Å². The zero-order chi connectivity index (χ0) is 17.0. The average Bonchev–Trinajstić information content (AvgIpc) is 3.24. The van der Waals surface area contributed by atoms with Crippen LogP contribution in [0.15, 0.2) is 43.7 Å². The number of benzene rings is 1. The predicted molar refractivity (Wildman–Crippen MR) is 107 cm³/mol. The zero-order valence-corrected chi connectivity index (χ0v) is 17.5. The first-order valence-electron chi connectivity index (χ1n) is 8.46. The van der Waals surface area contributed by atoms with E-state index in [9.17, 15) is 0 Å². The minimum Gasteiger partial charge on any atom is -0.466 e. The van der Waals surface area contributed by atoms with Crippen LogP contribution in [0.4, 0.5) is 0 Å². The topological polar surface area (TPSA) is 36.9 Å². The van der Waals surface area contributed by atoms with Crippen molar-refractivity contribution in [2.75, 3.05) is 13.1 Å². The highest BCUT2D eigenvalue weighted by molar-refractivity contribution is 9.11. The Hall–Kier alpha value is -0.890. The highest BCUT2D eigenvalue weighted by Gasteiger charge is 2.51. The minimum absolute atomic E-state index is 0.246. The molecule has 5 rings (SSSR count). The lowest BCUT2D eigenvalue weighted by Gasteiger charge is -2.49. The number of nitrogens with one attached hydrogen (secondary N) is 1. The molecule has 1 N–H and O–H groups in total. The monoisotopic (exact) mass is 481 g/mol. The van der Waals surface area contributed by atoms with Gasteiger partial charge >= 0.3 is 0 Å². The molecule has 130 valence electrons. The smallest absolute Gasteiger partial charge is 0.200 e. The summed E-state index contributed by atoms with van der Waals surface area (Å²) < 4.78 is 8.80. The van der Waals surface area contributed by atoms with Crippen molar-refractivity contribution < 1.29 is 4.74 Å². The lowest BCUT2D eigenvalue weighted by atomic mass is 9.92. The number of hydrogen-bond donors (Lipinski definition) is 1. The highest BCUT2D eigenvalue weighted by atomic mass is 79.9. The first kappa shape index (κ1) is 16.3. The van der Waals surface area contributed by atoms with E-state index in [1.54, 1.807) is 11.3 Å². The number of fused-ring (bicyclic) bond motifs is 4. The molecule has 0 amide bonds. The molecule has 1 aromatic carbocycles. The Morgan fingerprint density at radius 1 is 1.20 bits per heavy atom. The number of nitrogens with zero attached hydrogens (tertiary/aromatic N) is 2. The fourth-order valence-electron chi connectivity index (χ4n) is 4.02. The first-order valence-corrected chi connectivity index (χ1v) is 10.9. The van der Waals surface area contributed by atoms with E-state index in [-0.39, 0.29) is 11.8 Å². The molecule has 0 aliphatic carbocycles. The Bertz CT molecular complexity index is 860. The van der Waals surface area contributed by atoms with Crippen molar-refractivity contribution in [2.24, 2.45) is 5.10 Å². The molecule has 25 heavy (non-hydrogen) atoms. The molecule has 1 unspecified atom stereocenters. The van der Waals surface area contributed by atoms with Gasteiger partial charge in [-0.15, -0.1) is 11.3 Å². The molecule has 0 saturated carbocycles. The number of thiophene rings is 1. The third-order valence-corrected chi connectivity index (χ3v) is 7.37. The van der Waals surface area contributed by atoms with Gasteiger partial charge < -0.3 is 10.1 Å². The Labute approximate surface area is 167 Å². The number of hydrazone groups is 1.